The Balaban J connectivity index is 1.69. The Bertz CT molecular complexity index is 297. The van der Waals surface area contributed by atoms with Crippen molar-refractivity contribution in [3.05, 3.63) is 21.7 Å². The van der Waals surface area contributed by atoms with Gasteiger partial charge >= 0.3 is 0 Å². The Labute approximate surface area is 98.6 Å². The van der Waals surface area contributed by atoms with Gasteiger partial charge in [0.2, 0.25) is 0 Å². The zero-order valence-electron chi connectivity index (χ0n) is 8.42. The summed E-state index contributed by atoms with van der Waals surface area (Å²) < 4.78 is 6.45. The number of hydrogen-bond donors (Lipinski definition) is 1. The summed E-state index contributed by atoms with van der Waals surface area (Å²) in [6.45, 7) is 3.14. The topological polar surface area (TPSA) is 25.2 Å². The van der Waals surface area contributed by atoms with Gasteiger partial charge < -0.3 is 9.73 Å². The molecule has 0 saturated heterocycles. The lowest BCUT2D eigenvalue weighted by molar-refractivity contribution is 0.456. The van der Waals surface area contributed by atoms with Crippen LogP contribution in [0.5, 0.6) is 0 Å². The average Bonchev–Trinajstić information content (AvgIpc) is 2.77. The predicted octanol–water partition coefficient (Wildman–Crippen LogP) is 3.16. The van der Waals surface area contributed by atoms with E-state index in [9.17, 15) is 0 Å². The highest BCUT2D eigenvalue weighted by molar-refractivity contribution is 14.1. The fourth-order valence-electron chi connectivity index (χ4n) is 1.87. The summed E-state index contributed by atoms with van der Waals surface area (Å²) in [6, 6.07) is 4.80. The zero-order chi connectivity index (χ0) is 9.97. The first-order valence-electron chi connectivity index (χ1n) is 5.27. The minimum atomic E-state index is 0.748. The van der Waals surface area contributed by atoms with Gasteiger partial charge in [-0.2, -0.15) is 0 Å². The minimum absolute atomic E-state index is 0.748. The molecule has 1 fully saturated rings. The van der Waals surface area contributed by atoms with E-state index in [4.69, 9.17) is 4.42 Å². The van der Waals surface area contributed by atoms with E-state index in [1.807, 2.05) is 12.1 Å². The summed E-state index contributed by atoms with van der Waals surface area (Å²) >= 11 is 2.20. The second-order valence-corrected chi connectivity index (χ2v) is 5.04. The molecule has 0 radical (unpaired) electrons. The van der Waals surface area contributed by atoms with Crippen LogP contribution in [0.4, 0.5) is 0 Å². The van der Waals surface area contributed by atoms with Crippen LogP contribution in [0, 0.1) is 9.68 Å². The predicted molar refractivity (Wildman–Crippen MR) is 65.1 cm³/mol. The Morgan fingerprint density at radius 2 is 2.43 bits per heavy atom. The van der Waals surface area contributed by atoms with Gasteiger partial charge in [0.1, 0.15) is 5.76 Å². The molecule has 1 aromatic rings. The summed E-state index contributed by atoms with van der Waals surface area (Å²) in [5, 5.41) is 3.52. The van der Waals surface area contributed by atoms with Crippen molar-refractivity contribution >= 4 is 22.6 Å². The van der Waals surface area contributed by atoms with Gasteiger partial charge in [0.25, 0.3) is 0 Å². The van der Waals surface area contributed by atoms with Gasteiger partial charge in [-0.25, -0.2) is 0 Å². The van der Waals surface area contributed by atoms with Gasteiger partial charge in [-0.1, -0.05) is 13.3 Å². The standard InChI is InChI=1S/C11H16INO/c1-2-3-8-6-10(8)13-7-9-4-5-11(12)14-9/h4-5,8,10,13H,2-3,6-7H2,1H3. The van der Waals surface area contributed by atoms with Crippen LogP contribution in [0.25, 0.3) is 0 Å². The van der Waals surface area contributed by atoms with Crippen LogP contribution in [-0.4, -0.2) is 6.04 Å². The summed E-state index contributed by atoms with van der Waals surface area (Å²) in [5.74, 6) is 1.98. The van der Waals surface area contributed by atoms with E-state index in [0.717, 1.165) is 28.0 Å². The van der Waals surface area contributed by atoms with Crippen molar-refractivity contribution in [1.82, 2.24) is 5.32 Å². The lowest BCUT2D eigenvalue weighted by atomic mass is 10.2. The van der Waals surface area contributed by atoms with Crippen molar-refractivity contribution < 1.29 is 4.42 Å². The highest BCUT2D eigenvalue weighted by Gasteiger charge is 2.35. The molecular weight excluding hydrogens is 289 g/mol. The molecule has 2 unspecified atom stereocenters. The third kappa shape index (κ3) is 2.73. The second kappa shape index (κ2) is 4.66. The summed E-state index contributed by atoms with van der Waals surface area (Å²) in [6.07, 6.45) is 4.03. The smallest absolute Gasteiger partial charge is 0.164 e. The van der Waals surface area contributed by atoms with Crippen LogP contribution >= 0.6 is 22.6 Å². The van der Waals surface area contributed by atoms with Gasteiger partial charge in [0.05, 0.1) is 6.54 Å². The van der Waals surface area contributed by atoms with Crippen molar-refractivity contribution in [3.8, 4) is 0 Å². The molecule has 0 amide bonds. The first kappa shape index (κ1) is 10.5. The zero-order valence-corrected chi connectivity index (χ0v) is 10.6. The van der Waals surface area contributed by atoms with Crippen LogP contribution < -0.4 is 5.32 Å². The molecule has 0 aliphatic heterocycles. The molecule has 2 rings (SSSR count). The van der Waals surface area contributed by atoms with Crippen molar-refractivity contribution in [1.29, 1.82) is 0 Å². The van der Waals surface area contributed by atoms with E-state index in [1.165, 1.54) is 19.3 Å². The van der Waals surface area contributed by atoms with Gasteiger partial charge in [0.15, 0.2) is 3.77 Å². The van der Waals surface area contributed by atoms with E-state index in [2.05, 4.69) is 34.8 Å². The quantitative estimate of drug-likeness (QED) is 0.845. The lowest BCUT2D eigenvalue weighted by Gasteiger charge is -2.00. The molecule has 1 aliphatic rings. The van der Waals surface area contributed by atoms with Crippen LogP contribution in [0.3, 0.4) is 0 Å². The Kier molecular flexibility index (Phi) is 3.49. The lowest BCUT2D eigenvalue weighted by Crippen LogP contribution is -2.17. The first-order chi connectivity index (χ1) is 6.79. The van der Waals surface area contributed by atoms with Crippen molar-refractivity contribution in [2.24, 2.45) is 5.92 Å². The van der Waals surface area contributed by atoms with E-state index < -0.39 is 0 Å². The largest absolute Gasteiger partial charge is 0.454 e. The molecule has 14 heavy (non-hydrogen) atoms. The third-order valence-electron chi connectivity index (χ3n) is 2.75. The molecule has 1 saturated carbocycles. The van der Waals surface area contributed by atoms with Gasteiger partial charge in [-0.05, 0) is 53.5 Å². The van der Waals surface area contributed by atoms with Crippen LogP contribution in [0.1, 0.15) is 31.9 Å². The third-order valence-corrected chi connectivity index (χ3v) is 3.33. The van der Waals surface area contributed by atoms with Crippen LogP contribution in [-0.2, 0) is 6.54 Å². The Morgan fingerprint density at radius 3 is 3.07 bits per heavy atom. The molecule has 0 bridgehead atoms. The maximum Gasteiger partial charge on any atom is 0.164 e. The molecule has 2 atom stereocenters. The van der Waals surface area contributed by atoms with E-state index in [-0.39, 0.29) is 0 Å². The van der Waals surface area contributed by atoms with Gasteiger partial charge in [-0.3, -0.25) is 0 Å². The molecule has 1 aliphatic carbocycles. The summed E-state index contributed by atoms with van der Waals surface area (Å²) in [5.41, 5.74) is 0. The number of nitrogens with one attached hydrogen (secondary N) is 1. The Hall–Kier alpha value is -0.0300. The summed E-state index contributed by atoms with van der Waals surface area (Å²) in [4.78, 5) is 0. The molecule has 0 aromatic carbocycles. The average molecular weight is 305 g/mol. The second-order valence-electron chi connectivity index (χ2n) is 3.98. The van der Waals surface area contributed by atoms with E-state index >= 15 is 0 Å². The van der Waals surface area contributed by atoms with Gasteiger partial charge in [-0.15, -0.1) is 0 Å². The maximum absolute atomic E-state index is 5.48. The molecule has 78 valence electrons. The van der Waals surface area contributed by atoms with Crippen molar-refractivity contribution in [3.63, 3.8) is 0 Å². The first-order valence-corrected chi connectivity index (χ1v) is 6.35. The highest BCUT2D eigenvalue weighted by atomic mass is 127. The van der Waals surface area contributed by atoms with Crippen molar-refractivity contribution in [2.75, 3.05) is 0 Å². The maximum atomic E-state index is 5.48. The summed E-state index contributed by atoms with van der Waals surface area (Å²) in [7, 11) is 0. The normalized spacial score (nSPS) is 25.3. The number of furan rings is 1. The SMILES string of the molecule is CCCC1CC1NCc1ccc(I)o1. The van der Waals surface area contributed by atoms with E-state index in [1.54, 1.807) is 0 Å². The fourth-order valence-corrected chi connectivity index (χ4v) is 2.33. The molecular formula is C11H16INO. The molecule has 0 spiro atoms. The Morgan fingerprint density at radius 1 is 1.57 bits per heavy atom. The minimum Gasteiger partial charge on any atom is -0.454 e. The molecule has 2 nitrogen and oxygen atoms in total. The monoisotopic (exact) mass is 305 g/mol. The molecule has 1 N–H and O–H groups in total. The van der Waals surface area contributed by atoms with Crippen molar-refractivity contribution in [2.45, 2.75) is 38.8 Å². The fraction of sp³-hybridized carbons (Fsp3) is 0.636. The molecule has 1 aromatic heterocycles. The van der Waals surface area contributed by atoms with Gasteiger partial charge in [0, 0.05) is 6.04 Å². The number of hydrogen-bond acceptors (Lipinski definition) is 2. The molecule has 3 heteroatoms. The van der Waals surface area contributed by atoms with Crippen LogP contribution in [0.15, 0.2) is 16.5 Å². The van der Waals surface area contributed by atoms with Crippen LogP contribution in [0.2, 0.25) is 0 Å². The number of rotatable bonds is 5. The highest BCUT2D eigenvalue weighted by Crippen LogP contribution is 2.34. The van der Waals surface area contributed by atoms with E-state index in [0.29, 0.717) is 0 Å². The number of halogens is 1. The molecule has 1 heterocycles.